The van der Waals surface area contributed by atoms with Crippen molar-refractivity contribution in [2.45, 2.75) is 6.92 Å². The second-order valence-corrected chi connectivity index (χ2v) is 4.70. The van der Waals surface area contributed by atoms with E-state index in [9.17, 15) is 4.79 Å². The Balaban J connectivity index is 2.98. The van der Waals surface area contributed by atoms with Crippen LogP contribution in [0.2, 0.25) is 5.02 Å². The number of esters is 1. The Morgan fingerprint density at radius 2 is 2.14 bits per heavy atom. The molecule has 1 aromatic carbocycles. The van der Waals surface area contributed by atoms with Crippen LogP contribution in [0.4, 0.5) is 0 Å². The topological polar surface area (TPSA) is 95.2 Å². The zero-order valence-electron chi connectivity index (χ0n) is 12.1. The summed E-state index contributed by atoms with van der Waals surface area (Å²) in [5.41, 5.74) is 8.25. The number of benzene rings is 1. The van der Waals surface area contributed by atoms with E-state index < -0.39 is 5.97 Å². The van der Waals surface area contributed by atoms with Crippen LogP contribution >= 0.6 is 23.8 Å². The number of nitrogens with two attached hydrogens (primary N) is 1. The maximum absolute atomic E-state index is 11.1. The smallest absolute Gasteiger partial charge is 0.343 e. The van der Waals surface area contributed by atoms with E-state index in [0.717, 1.165) is 0 Å². The molecule has 0 spiro atoms. The fraction of sp³-hybridized carbons (Fsp3) is 0.308. The number of rotatable bonds is 7. The number of methoxy groups -OCH3 is 1. The zero-order valence-corrected chi connectivity index (χ0v) is 13.7. The minimum absolute atomic E-state index is 0.0374. The van der Waals surface area contributed by atoms with Gasteiger partial charge in [-0.05, 0) is 25.2 Å². The quantitative estimate of drug-likeness (QED) is 0.334. The second kappa shape index (κ2) is 9.06. The first-order valence-corrected chi connectivity index (χ1v) is 7.01. The van der Waals surface area contributed by atoms with E-state index in [1.165, 1.54) is 19.4 Å². The predicted octanol–water partition coefficient (Wildman–Crippen LogP) is 1.46. The maximum Gasteiger partial charge on any atom is 0.343 e. The first-order chi connectivity index (χ1) is 10.5. The molecule has 0 heterocycles. The molecule has 0 aliphatic rings. The molecule has 1 aromatic rings. The van der Waals surface area contributed by atoms with Crippen LogP contribution in [0, 0.1) is 0 Å². The summed E-state index contributed by atoms with van der Waals surface area (Å²) < 4.78 is 15.3. The maximum atomic E-state index is 11.1. The van der Waals surface area contributed by atoms with Crippen molar-refractivity contribution in [1.82, 2.24) is 5.43 Å². The third-order valence-corrected chi connectivity index (χ3v) is 2.73. The summed E-state index contributed by atoms with van der Waals surface area (Å²) in [5.74, 6) is 0.245. The second-order valence-electron chi connectivity index (χ2n) is 3.85. The highest BCUT2D eigenvalue weighted by Crippen LogP contribution is 2.33. The van der Waals surface area contributed by atoms with E-state index in [4.69, 9.17) is 26.8 Å². The summed E-state index contributed by atoms with van der Waals surface area (Å²) in [4.78, 5) is 11.1. The Hall–Kier alpha value is -2.06. The predicted molar refractivity (Wildman–Crippen MR) is 87.6 cm³/mol. The summed E-state index contributed by atoms with van der Waals surface area (Å²) in [5, 5.41) is 4.22. The van der Waals surface area contributed by atoms with Crippen molar-refractivity contribution < 1.29 is 19.0 Å². The molecular weight excluding hydrogens is 330 g/mol. The number of nitrogens with zero attached hydrogens (tertiary/aromatic N) is 1. The lowest BCUT2D eigenvalue weighted by atomic mass is 10.2. The average Bonchev–Trinajstić information content (AvgIpc) is 2.48. The molecule has 9 heteroatoms. The van der Waals surface area contributed by atoms with E-state index in [0.29, 0.717) is 28.7 Å². The molecule has 0 unspecified atom stereocenters. The summed E-state index contributed by atoms with van der Waals surface area (Å²) >= 11 is 10.8. The van der Waals surface area contributed by atoms with Gasteiger partial charge in [0, 0.05) is 11.6 Å². The van der Waals surface area contributed by atoms with E-state index in [2.05, 4.69) is 27.5 Å². The molecule has 0 fully saturated rings. The number of halogens is 1. The minimum atomic E-state index is -0.509. The van der Waals surface area contributed by atoms with Gasteiger partial charge in [-0.25, -0.2) is 4.79 Å². The van der Waals surface area contributed by atoms with Crippen LogP contribution in [-0.4, -0.2) is 37.6 Å². The number of carbonyl (C=O) groups excluding carboxylic acids is 1. The fourth-order valence-corrected chi connectivity index (χ4v) is 1.65. The van der Waals surface area contributed by atoms with Crippen LogP contribution in [-0.2, 0) is 9.53 Å². The largest absolute Gasteiger partial charge is 0.490 e. The van der Waals surface area contributed by atoms with Crippen molar-refractivity contribution >= 4 is 41.1 Å². The van der Waals surface area contributed by atoms with Crippen LogP contribution in [0.3, 0.4) is 0 Å². The minimum Gasteiger partial charge on any atom is -0.490 e. The van der Waals surface area contributed by atoms with Gasteiger partial charge in [-0.1, -0.05) is 11.6 Å². The van der Waals surface area contributed by atoms with Gasteiger partial charge in [-0.15, -0.1) is 0 Å². The molecule has 120 valence electrons. The summed E-state index contributed by atoms with van der Waals surface area (Å²) in [6.45, 7) is 1.99. The molecule has 0 aliphatic heterocycles. The lowest BCUT2D eigenvalue weighted by molar-refractivity contribution is -0.142. The van der Waals surface area contributed by atoms with Crippen LogP contribution < -0.4 is 20.6 Å². The Morgan fingerprint density at radius 3 is 2.73 bits per heavy atom. The lowest BCUT2D eigenvalue weighted by Gasteiger charge is -2.13. The van der Waals surface area contributed by atoms with Crippen molar-refractivity contribution in [1.29, 1.82) is 0 Å². The van der Waals surface area contributed by atoms with Crippen molar-refractivity contribution in [3.63, 3.8) is 0 Å². The normalized spacial score (nSPS) is 10.3. The first-order valence-electron chi connectivity index (χ1n) is 6.22. The number of hydrazone groups is 1. The number of ether oxygens (including phenoxy) is 3. The number of hydrogen-bond acceptors (Lipinski definition) is 6. The monoisotopic (exact) mass is 345 g/mol. The summed E-state index contributed by atoms with van der Waals surface area (Å²) in [6.07, 6.45) is 1.44. The summed E-state index contributed by atoms with van der Waals surface area (Å²) in [6, 6.07) is 3.15. The molecule has 0 saturated carbocycles. The van der Waals surface area contributed by atoms with Crippen LogP contribution in [0.25, 0.3) is 0 Å². The van der Waals surface area contributed by atoms with Crippen LogP contribution in [0.15, 0.2) is 17.2 Å². The van der Waals surface area contributed by atoms with E-state index in [-0.39, 0.29) is 11.7 Å². The van der Waals surface area contributed by atoms with Crippen molar-refractivity contribution in [3.05, 3.63) is 22.7 Å². The van der Waals surface area contributed by atoms with Crippen LogP contribution in [0.5, 0.6) is 11.5 Å². The molecule has 1 rings (SSSR count). The third kappa shape index (κ3) is 5.74. The fourth-order valence-electron chi connectivity index (χ4n) is 1.39. The molecular formula is C13H16ClN3O4S. The SMILES string of the molecule is CCOc1cc(C=NNC(N)=S)c(Cl)cc1OCC(=O)OC. The zero-order chi connectivity index (χ0) is 16.5. The molecule has 0 amide bonds. The van der Waals surface area contributed by atoms with Gasteiger partial charge in [0.1, 0.15) is 0 Å². The highest BCUT2D eigenvalue weighted by atomic mass is 35.5. The van der Waals surface area contributed by atoms with E-state index in [1.807, 2.05) is 6.92 Å². The molecule has 0 atom stereocenters. The highest BCUT2D eigenvalue weighted by Gasteiger charge is 2.12. The lowest BCUT2D eigenvalue weighted by Crippen LogP contribution is -2.24. The first kappa shape index (κ1) is 18.0. The number of thiocarbonyl (C=S) groups is 1. The molecule has 0 aromatic heterocycles. The standard InChI is InChI=1S/C13H16ClN3O4S/c1-3-20-10-4-8(6-16-17-13(15)22)9(14)5-11(10)21-7-12(18)19-2/h4-6H,3,7H2,1-2H3,(H3,15,17,22). The van der Waals surface area contributed by atoms with Gasteiger partial charge in [0.15, 0.2) is 23.2 Å². The highest BCUT2D eigenvalue weighted by molar-refractivity contribution is 7.80. The third-order valence-electron chi connectivity index (χ3n) is 2.31. The molecule has 0 bridgehead atoms. The van der Waals surface area contributed by atoms with Crippen LogP contribution in [0.1, 0.15) is 12.5 Å². The molecule has 7 nitrogen and oxygen atoms in total. The van der Waals surface area contributed by atoms with E-state index in [1.54, 1.807) is 6.07 Å². The van der Waals surface area contributed by atoms with Gasteiger partial charge < -0.3 is 19.9 Å². The number of carbonyl (C=O) groups is 1. The Bertz CT molecular complexity index is 581. The summed E-state index contributed by atoms with van der Waals surface area (Å²) in [7, 11) is 1.27. The van der Waals surface area contributed by atoms with Gasteiger partial charge in [-0.3, -0.25) is 5.43 Å². The number of nitrogens with one attached hydrogen (secondary N) is 1. The Labute approximate surface area is 138 Å². The van der Waals surface area contributed by atoms with Gasteiger partial charge in [0.05, 0.1) is 25.0 Å². The van der Waals surface area contributed by atoms with Crippen molar-refractivity contribution in [3.8, 4) is 11.5 Å². The number of hydrogen-bond donors (Lipinski definition) is 2. The Morgan fingerprint density at radius 1 is 1.45 bits per heavy atom. The average molecular weight is 346 g/mol. The Kier molecular flexibility index (Phi) is 7.41. The molecule has 0 aliphatic carbocycles. The molecule has 0 radical (unpaired) electrons. The van der Waals surface area contributed by atoms with E-state index >= 15 is 0 Å². The molecule has 0 saturated heterocycles. The molecule has 22 heavy (non-hydrogen) atoms. The van der Waals surface area contributed by atoms with Crippen molar-refractivity contribution in [2.24, 2.45) is 10.8 Å². The molecule has 3 N–H and O–H groups in total. The van der Waals surface area contributed by atoms with Gasteiger partial charge in [0.2, 0.25) is 0 Å². The van der Waals surface area contributed by atoms with Gasteiger partial charge in [-0.2, -0.15) is 5.10 Å². The van der Waals surface area contributed by atoms with Crippen molar-refractivity contribution in [2.75, 3.05) is 20.3 Å². The van der Waals surface area contributed by atoms with Gasteiger partial charge >= 0.3 is 5.97 Å². The van der Waals surface area contributed by atoms with Gasteiger partial charge in [0.25, 0.3) is 0 Å².